The van der Waals surface area contributed by atoms with E-state index in [4.69, 9.17) is 4.98 Å². The number of pyridine rings is 2. The first-order valence-electron chi connectivity index (χ1n) is 9.37. The zero-order valence-electron chi connectivity index (χ0n) is 17.3. The molecule has 0 saturated carbocycles. The molecule has 4 aromatic heterocycles. The Morgan fingerprint density at radius 1 is 0.906 bits per heavy atom. The zero-order valence-corrected chi connectivity index (χ0v) is 19.5. The molecular formula is C22H17F3N6Pt. The molecule has 0 N–H and O–H groups in total. The van der Waals surface area contributed by atoms with Crippen molar-refractivity contribution >= 4 is 0 Å². The van der Waals surface area contributed by atoms with E-state index in [0.29, 0.717) is 22.8 Å². The van der Waals surface area contributed by atoms with Crippen molar-refractivity contribution in [1.82, 2.24) is 29.7 Å². The summed E-state index contributed by atoms with van der Waals surface area (Å²) in [5, 5.41) is 3.55. The first-order valence-corrected chi connectivity index (χ1v) is 9.37. The van der Waals surface area contributed by atoms with Crippen LogP contribution in [0.5, 0.6) is 0 Å². The Hall–Kier alpha value is -2.93. The van der Waals surface area contributed by atoms with Gasteiger partial charge in [-0.1, -0.05) is 42.9 Å². The van der Waals surface area contributed by atoms with Gasteiger partial charge in [-0.05, 0) is 50.0 Å². The molecule has 166 valence electrons. The largest absolute Gasteiger partial charge is 2.00 e. The van der Waals surface area contributed by atoms with E-state index in [0.717, 1.165) is 16.4 Å². The second-order valence-electron chi connectivity index (χ2n) is 7.45. The minimum absolute atomic E-state index is 0. The summed E-state index contributed by atoms with van der Waals surface area (Å²) in [6, 6.07) is 11.4. The van der Waals surface area contributed by atoms with E-state index in [9.17, 15) is 13.2 Å². The van der Waals surface area contributed by atoms with Crippen LogP contribution in [-0.4, -0.2) is 29.7 Å². The van der Waals surface area contributed by atoms with Crippen molar-refractivity contribution in [2.75, 3.05) is 0 Å². The number of rotatable bonds is 4. The summed E-state index contributed by atoms with van der Waals surface area (Å²) in [7, 11) is 0. The predicted molar refractivity (Wildman–Crippen MR) is 106 cm³/mol. The van der Waals surface area contributed by atoms with Crippen molar-refractivity contribution in [2.24, 2.45) is 0 Å². The molecule has 0 saturated heterocycles. The van der Waals surface area contributed by atoms with Crippen LogP contribution in [0, 0.1) is 19.3 Å². The van der Waals surface area contributed by atoms with Crippen LogP contribution >= 0.6 is 0 Å². The quantitative estimate of drug-likeness (QED) is 0.319. The van der Waals surface area contributed by atoms with E-state index in [1.165, 1.54) is 0 Å². The Kier molecular flexibility index (Phi) is 6.60. The summed E-state index contributed by atoms with van der Waals surface area (Å²) < 4.78 is 39.6. The van der Waals surface area contributed by atoms with Gasteiger partial charge in [-0.2, -0.15) is 13.2 Å². The average Bonchev–Trinajstić information content (AvgIpc) is 3.25. The minimum Gasteiger partial charge on any atom is -0.389 e. The summed E-state index contributed by atoms with van der Waals surface area (Å²) in [6.45, 7) is 5.71. The van der Waals surface area contributed by atoms with Gasteiger partial charge in [0.2, 0.25) is 0 Å². The molecular weight excluding hydrogens is 600 g/mol. The van der Waals surface area contributed by atoms with Crippen molar-refractivity contribution in [2.45, 2.75) is 32.4 Å². The second kappa shape index (κ2) is 8.90. The van der Waals surface area contributed by atoms with Gasteiger partial charge in [-0.15, -0.1) is 6.07 Å². The SMILES string of the molecule is Cc1cn[c-]c(-c2cccc(C(C)(C)c3cccc(-n4[c-]cc(C(F)(F)F)n4)n3)n2)n1.[Pt+2]. The van der Waals surface area contributed by atoms with Crippen LogP contribution in [0.1, 0.15) is 36.6 Å². The van der Waals surface area contributed by atoms with E-state index in [-0.39, 0.29) is 26.9 Å². The molecule has 10 heteroatoms. The van der Waals surface area contributed by atoms with Gasteiger partial charge in [0.1, 0.15) is 0 Å². The van der Waals surface area contributed by atoms with Crippen LogP contribution in [0.15, 0.2) is 48.7 Å². The number of aromatic nitrogens is 6. The molecule has 0 aliphatic rings. The number of alkyl halides is 3. The maximum atomic E-state index is 12.9. The van der Waals surface area contributed by atoms with Crippen LogP contribution in [0.4, 0.5) is 13.2 Å². The minimum atomic E-state index is -4.54. The molecule has 4 heterocycles. The van der Waals surface area contributed by atoms with Gasteiger partial charge in [-0.3, -0.25) is 15.1 Å². The van der Waals surface area contributed by atoms with Gasteiger partial charge in [0, 0.05) is 16.8 Å². The third kappa shape index (κ3) is 4.77. The van der Waals surface area contributed by atoms with Crippen LogP contribution in [-0.2, 0) is 32.7 Å². The molecule has 0 aliphatic heterocycles. The Morgan fingerprint density at radius 2 is 1.59 bits per heavy atom. The smallest absolute Gasteiger partial charge is 0.389 e. The van der Waals surface area contributed by atoms with Gasteiger partial charge in [-0.25, -0.2) is 0 Å². The summed E-state index contributed by atoms with van der Waals surface area (Å²) >= 11 is 0. The average molecular weight is 617 g/mol. The van der Waals surface area contributed by atoms with E-state index in [2.05, 4.69) is 32.4 Å². The predicted octanol–water partition coefficient (Wildman–Crippen LogP) is 4.37. The second-order valence-corrected chi connectivity index (χ2v) is 7.45. The molecule has 0 radical (unpaired) electrons. The number of aryl methyl sites for hydroxylation is 1. The van der Waals surface area contributed by atoms with Gasteiger partial charge < -0.3 is 14.6 Å². The van der Waals surface area contributed by atoms with E-state index < -0.39 is 17.3 Å². The maximum absolute atomic E-state index is 12.9. The Labute approximate surface area is 197 Å². The van der Waals surface area contributed by atoms with Crippen LogP contribution in [0.3, 0.4) is 0 Å². The molecule has 0 aliphatic carbocycles. The molecule has 0 atom stereocenters. The zero-order chi connectivity index (χ0) is 22.2. The Balaban J connectivity index is 0.00000289. The van der Waals surface area contributed by atoms with Crippen molar-refractivity contribution in [3.8, 4) is 17.2 Å². The molecule has 0 bridgehead atoms. The molecule has 4 rings (SSSR count). The number of nitrogens with zero attached hydrogens (tertiary/aromatic N) is 6. The summed E-state index contributed by atoms with van der Waals surface area (Å²) in [4.78, 5) is 17.7. The van der Waals surface area contributed by atoms with Gasteiger partial charge >= 0.3 is 27.2 Å². The number of hydrogen-bond donors (Lipinski definition) is 0. The number of halogens is 3. The van der Waals surface area contributed by atoms with Crippen molar-refractivity contribution in [1.29, 1.82) is 0 Å². The molecule has 0 aromatic carbocycles. The fraction of sp³-hybridized carbons (Fsp3) is 0.227. The van der Waals surface area contributed by atoms with Crippen LogP contribution in [0.2, 0.25) is 0 Å². The molecule has 0 fully saturated rings. The van der Waals surface area contributed by atoms with Gasteiger partial charge in [0.25, 0.3) is 0 Å². The van der Waals surface area contributed by atoms with Crippen LogP contribution < -0.4 is 0 Å². The van der Waals surface area contributed by atoms with Crippen molar-refractivity contribution < 1.29 is 34.2 Å². The third-order valence-electron chi connectivity index (χ3n) is 4.76. The standard InChI is InChI=1S/C22H17F3N6.Pt/c1-14-12-26-13-16(27-14)15-6-4-7-17(28-15)21(2,3)18-8-5-9-20(29-18)31-11-10-19(30-31)22(23,24)25;/h4-10,12H,1-3H3;/q-2;+2. The Bertz CT molecular complexity index is 1240. The molecule has 0 unspecified atom stereocenters. The molecule has 32 heavy (non-hydrogen) atoms. The Morgan fingerprint density at radius 3 is 2.25 bits per heavy atom. The normalized spacial score (nSPS) is 11.8. The molecule has 4 aromatic rings. The summed E-state index contributed by atoms with van der Waals surface area (Å²) in [6.07, 6.45) is 2.38. The van der Waals surface area contributed by atoms with Crippen LogP contribution in [0.25, 0.3) is 17.2 Å². The number of hydrogen-bond acceptors (Lipinski definition) is 5. The maximum Gasteiger partial charge on any atom is 2.00 e. The van der Waals surface area contributed by atoms with E-state index in [1.807, 2.05) is 39.0 Å². The third-order valence-corrected chi connectivity index (χ3v) is 4.76. The topological polar surface area (TPSA) is 69.4 Å². The first kappa shape index (κ1) is 23.7. The molecule has 0 amide bonds. The van der Waals surface area contributed by atoms with Crippen molar-refractivity contribution in [3.05, 3.63) is 83.8 Å². The first-order chi connectivity index (χ1) is 14.6. The monoisotopic (exact) mass is 617 g/mol. The van der Waals surface area contributed by atoms with Gasteiger partial charge in [0.05, 0.1) is 11.5 Å². The summed E-state index contributed by atoms with van der Waals surface area (Å²) in [5.41, 5.74) is 1.56. The van der Waals surface area contributed by atoms with Gasteiger partial charge in [0.15, 0.2) is 0 Å². The van der Waals surface area contributed by atoms with E-state index >= 15 is 0 Å². The fourth-order valence-electron chi connectivity index (χ4n) is 3.01. The molecule has 6 nitrogen and oxygen atoms in total. The van der Waals surface area contributed by atoms with Crippen molar-refractivity contribution in [3.63, 3.8) is 0 Å². The fourth-order valence-corrected chi connectivity index (χ4v) is 3.01. The molecule has 0 spiro atoms. The summed E-state index contributed by atoms with van der Waals surface area (Å²) in [5.74, 6) is 0.232. The van der Waals surface area contributed by atoms with E-state index in [1.54, 1.807) is 24.4 Å².